The number of carboxylic acid groups (broad SMARTS) is 1. The van der Waals surface area contributed by atoms with E-state index in [-0.39, 0.29) is 12.4 Å². The number of aliphatic hydroxyl groups is 1. The number of hydrogen-bond donors (Lipinski definition) is 4. The number of hydrogen-bond acceptors (Lipinski definition) is 4. The molecular weight excluding hydrogens is 236 g/mol. The number of nitrogens with zero attached hydrogens (tertiary/aromatic N) is 1. The number of aromatic nitrogens is 1. The molecule has 0 fully saturated rings. The summed E-state index contributed by atoms with van der Waals surface area (Å²) in [5.41, 5.74) is 6.02. The van der Waals surface area contributed by atoms with Crippen molar-refractivity contribution in [3.05, 3.63) is 24.0 Å². The zero-order chi connectivity index (χ0) is 13.5. The van der Waals surface area contributed by atoms with Gasteiger partial charge in [-0.3, -0.25) is 4.79 Å². The summed E-state index contributed by atoms with van der Waals surface area (Å²) >= 11 is 0. The number of unbranched alkanes of at least 4 members (excludes halogenated alkanes) is 1. The Morgan fingerprint density at radius 3 is 2.72 bits per heavy atom. The Morgan fingerprint density at radius 2 is 2.11 bits per heavy atom. The second-order valence-corrected chi connectivity index (χ2v) is 4.24. The first kappa shape index (κ1) is 14.4. The van der Waals surface area contributed by atoms with Crippen molar-refractivity contribution in [1.29, 1.82) is 0 Å². The number of pyridine rings is 1. The number of aliphatic carboxylic acids is 1. The van der Waals surface area contributed by atoms with Crippen LogP contribution in [0.2, 0.25) is 0 Å². The van der Waals surface area contributed by atoms with Crippen LogP contribution in [0.25, 0.3) is 0 Å². The molecule has 0 radical (unpaired) electrons. The summed E-state index contributed by atoms with van der Waals surface area (Å²) in [6.45, 7) is 0.520. The summed E-state index contributed by atoms with van der Waals surface area (Å²) in [6, 6.07) is 0.684. The topological polar surface area (TPSA) is 108 Å². The molecule has 6 nitrogen and oxygen atoms in total. The van der Waals surface area contributed by atoms with Crippen LogP contribution in [0.15, 0.2) is 18.5 Å². The van der Waals surface area contributed by atoms with Crippen LogP contribution in [0.1, 0.15) is 24.8 Å². The fourth-order valence-corrected chi connectivity index (χ4v) is 1.68. The number of aryl methyl sites for hydroxylation is 1. The molecule has 1 aromatic heterocycles. The van der Waals surface area contributed by atoms with Crippen molar-refractivity contribution >= 4 is 5.97 Å². The molecule has 0 saturated heterocycles. The van der Waals surface area contributed by atoms with Crippen LogP contribution in [0, 0.1) is 0 Å². The summed E-state index contributed by atoms with van der Waals surface area (Å²) in [5, 5.41) is 27.0. The van der Waals surface area contributed by atoms with Crippen molar-refractivity contribution in [1.82, 2.24) is 0 Å². The Bertz CT molecular complexity index is 409. The zero-order valence-electron chi connectivity index (χ0n) is 10.1. The van der Waals surface area contributed by atoms with E-state index in [1.54, 1.807) is 17.0 Å². The Morgan fingerprint density at radius 1 is 1.39 bits per heavy atom. The minimum absolute atomic E-state index is 0.101. The highest BCUT2D eigenvalue weighted by Gasteiger charge is 2.11. The Labute approximate surface area is 105 Å². The molecule has 5 N–H and O–H groups in total. The molecule has 0 spiro atoms. The van der Waals surface area contributed by atoms with E-state index in [0.717, 1.165) is 6.42 Å². The standard InChI is InChI=1S/C12H18N2O4/c13-11(12(17)18)3-1-2-4-14-6-9(8-15)5-10(16)7-14/h5-7,11,15H,1-4,8,13H2,(H-,16,17,18)/p+1. The molecule has 0 aliphatic carbocycles. The van der Waals surface area contributed by atoms with Gasteiger partial charge in [0.05, 0.1) is 6.61 Å². The third-order valence-electron chi connectivity index (χ3n) is 2.64. The predicted octanol–water partition coefficient (Wildman–Crippen LogP) is -0.246. The normalized spacial score (nSPS) is 12.3. The van der Waals surface area contributed by atoms with Gasteiger partial charge in [0.1, 0.15) is 12.6 Å². The van der Waals surface area contributed by atoms with E-state index < -0.39 is 12.0 Å². The second-order valence-electron chi connectivity index (χ2n) is 4.24. The maximum atomic E-state index is 10.5. The SMILES string of the molecule is NC(CCCC[n+]1cc(O)cc(CO)c1)C(=O)O. The van der Waals surface area contributed by atoms with Crippen molar-refractivity contribution in [3.63, 3.8) is 0 Å². The Kier molecular flexibility index (Phi) is 5.54. The number of carboxylic acids is 1. The molecule has 0 amide bonds. The predicted molar refractivity (Wildman–Crippen MR) is 63.7 cm³/mol. The minimum Gasteiger partial charge on any atom is -0.503 e. The third-order valence-corrected chi connectivity index (χ3v) is 2.64. The first-order valence-corrected chi connectivity index (χ1v) is 5.84. The lowest BCUT2D eigenvalue weighted by molar-refractivity contribution is -0.698. The maximum Gasteiger partial charge on any atom is 0.320 e. The summed E-state index contributed by atoms with van der Waals surface area (Å²) in [6.07, 6.45) is 5.21. The largest absolute Gasteiger partial charge is 0.503 e. The highest BCUT2D eigenvalue weighted by molar-refractivity contribution is 5.72. The van der Waals surface area contributed by atoms with E-state index in [2.05, 4.69) is 0 Å². The molecule has 1 heterocycles. The fraction of sp³-hybridized carbons (Fsp3) is 0.500. The molecule has 1 aromatic rings. The molecule has 1 unspecified atom stereocenters. The van der Waals surface area contributed by atoms with Gasteiger partial charge in [0.15, 0.2) is 11.9 Å². The maximum absolute atomic E-state index is 10.5. The van der Waals surface area contributed by atoms with Gasteiger partial charge in [-0.2, -0.15) is 0 Å². The monoisotopic (exact) mass is 255 g/mol. The second kappa shape index (κ2) is 6.93. The molecule has 0 aromatic carbocycles. The van der Waals surface area contributed by atoms with Gasteiger partial charge in [-0.15, -0.1) is 0 Å². The molecule has 18 heavy (non-hydrogen) atoms. The third kappa shape index (κ3) is 4.68. The average Bonchev–Trinajstić information content (AvgIpc) is 2.33. The summed E-state index contributed by atoms with van der Waals surface area (Å²) in [5.74, 6) is -0.883. The lowest BCUT2D eigenvalue weighted by atomic mass is 10.1. The highest BCUT2D eigenvalue weighted by atomic mass is 16.4. The van der Waals surface area contributed by atoms with Crippen molar-refractivity contribution < 1.29 is 24.7 Å². The van der Waals surface area contributed by atoms with E-state index in [0.29, 0.717) is 24.9 Å². The lowest BCUT2D eigenvalue weighted by Gasteiger charge is -2.04. The van der Waals surface area contributed by atoms with Gasteiger partial charge in [-0.1, -0.05) is 0 Å². The molecule has 1 atom stereocenters. The van der Waals surface area contributed by atoms with Crippen molar-refractivity contribution in [2.75, 3.05) is 0 Å². The first-order valence-electron chi connectivity index (χ1n) is 5.84. The summed E-state index contributed by atoms with van der Waals surface area (Å²) in [4.78, 5) is 10.5. The van der Waals surface area contributed by atoms with Gasteiger partial charge in [0.25, 0.3) is 0 Å². The van der Waals surface area contributed by atoms with Crippen LogP contribution < -0.4 is 10.3 Å². The van der Waals surface area contributed by atoms with Gasteiger partial charge in [0, 0.05) is 12.0 Å². The zero-order valence-corrected chi connectivity index (χ0v) is 10.1. The molecule has 100 valence electrons. The molecule has 1 rings (SSSR count). The number of aromatic hydroxyl groups is 1. The number of aliphatic hydroxyl groups excluding tert-OH is 1. The van der Waals surface area contributed by atoms with E-state index in [4.69, 9.17) is 15.9 Å². The van der Waals surface area contributed by atoms with Gasteiger partial charge in [0.2, 0.25) is 6.20 Å². The van der Waals surface area contributed by atoms with E-state index in [1.165, 1.54) is 6.07 Å². The Balaban J connectivity index is 2.39. The van der Waals surface area contributed by atoms with Crippen molar-refractivity contribution in [2.45, 2.75) is 38.5 Å². The summed E-state index contributed by atoms with van der Waals surface area (Å²) < 4.78 is 1.77. The smallest absolute Gasteiger partial charge is 0.320 e. The van der Waals surface area contributed by atoms with Crippen LogP contribution >= 0.6 is 0 Å². The molecular formula is C12H19N2O4+. The van der Waals surface area contributed by atoms with Gasteiger partial charge >= 0.3 is 5.97 Å². The molecule has 0 aliphatic rings. The van der Waals surface area contributed by atoms with Gasteiger partial charge in [-0.25, -0.2) is 4.57 Å². The molecule has 0 aliphatic heterocycles. The van der Waals surface area contributed by atoms with E-state index in [9.17, 15) is 9.90 Å². The van der Waals surface area contributed by atoms with Crippen molar-refractivity contribution in [2.24, 2.45) is 5.73 Å². The quantitative estimate of drug-likeness (QED) is 0.397. The van der Waals surface area contributed by atoms with Gasteiger partial charge in [-0.05, 0) is 18.9 Å². The van der Waals surface area contributed by atoms with Crippen LogP contribution in [0.3, 0.4) is 0 Å². The summed E-state index contributed by atoms with van der Waals surface area (Å²) in [7, 11) is 0. The van der Waals surface area contributed by atoms with Crippen LogP contribution in [-0.2, 0) is 17.9 Å². The molecule has 0 saturated carbocycles. The molecule has 0 bridgehead atoms. The first-order chi connectivity index (χ1) is 8.52. The average molecular weight is 255 g/mol. The highest BCUT2D eigenvalue weighted by Crippen LogP contribution is 2.08. The number of carbonyl (C=O) groups is 1. The van der Waals surface area contributed by atoms with E-state index in [1.807, 2.05) is 0 Å². The Hall–Kier alpha value is -1.66. The van der Waals surface area contributed by atoms with Crippen LogP contribution in [0.5, 0.6) is 5.75 Å². The molecule has 6 heteroatoms. The van der Waals surface area contributed by atoms with Gasteiger partial charge < -0.3 is 21.1 Å². The number of nitrogens with two attached hydrogens (primary N) is 1. The minimum atomic E-state index is -0.984. The van der Waals surface area contributed by atoms with Crippen molar-refractivity contribution in [3.8, 4) is 5.75 Å². The lowest BCUT2D eigenvalue weighted by Crippen LogP contribution is -2.34. The number of rotatable bonds is 7. The van der Waals surface area contributed by atoms with Crippen LogP contribution in [-0.4, -0.2) is 27.3 Å². The van der Waals surface area contributed by atoms with E-state index >= 15 is 0 Å². The van der Waals surface area contributed by atoms with Crippen LogP contribution in [0.4, 0.5) is 0 Å². The fourth-order valence-electron chi connectivity index (χ4n) is 1.68.